The molecule has 0 saturated heterocycles. The average molecular weight is 364 g/mol. The van der Waals surface area contributed by atoms with Crippen LogP contribution in [0.5, 0.6) is 0 Å². The zero-order chi connectivity index (χ0) is 14.7. The molecule has 0 spiro atoms. The predicted molar refractivity (Wildman–Crippen MR) is 95.1 cm³/mol. The maximum absolute atomic E-state index is 3.72. The van der Waals surface area contributed by atoms with Gasteiger partial charge in [-0.2, -0.15) is 0 Å². The highest BCUT2D eigenvalue weighted by Crippen LogP contribution is 2.27. The third-order valence-electron chi connectivity index (χ3n) is 4.16. The Morgan fingerprint density at radius 3 is 2.67 bits per heavy atom. The third-order valence-corrected chi connectivity index (χ3v) is 5.81. The van der Waals surface area contributed by atoms with Crippen molar-refractivity contribution in [1.29, 1.82) is 0 Å². The smallest absolute Gasteiger partial charge is 0.0701 e. The number of rotatable bonds is 7. The van der Waals surface area contributed by atoms with E-state index in [1.165, 1.54) is 45.5 Å². The molecular weight excluding hydrogens is 342 g/mol. The summed E-state index contributed by atoms with van der Waals surface area (Å²) in [4.78, 5) is 1.48. The summed E-state index contributed by atoms with van der Waals surface area (Å²) in [5, 5.41) is 3.72. The fourth-order valence-electron chi connectivity index (χ4n) is 2.73. The van der Waals surface area contributed by atoms with Crippen LogP contribution in [0.15, 0.2) is 40.2 Å². The van der Waals surface area contributed by atoms with Crippen LogP contribution < -0.4 is 5.32 Å². The number of aryl methyl sites for hydroxylation is 1. The van der Waals surface area contributed by atoms with E-state index >= 15 is 0 Å². The fraction of sp³-hybridized carbons (Fsp3) is 0.444. The molecule has 3 heteroatoms. The van der Waals surface area contributed by atoms with Crippen molar-refractivity contribution in [1.82, 2.24) is 5.32 Å². The standard InChI is InChI=1S/C18H22BrNS/c1-13-4-2-3-5-15(13)10-14(12-20-16-6-7-16)11-17-8-9-18(19)21-17/h2-5,8-9,14,16,20H,6-7,10-12H2,1H3. The van der Waals surface area contributed by atoms with Gasteiger partial charge in [-0.15, -0.1) is 11.3 Å². The van der Waals surface area contributed by atoms with Gasteiger partial charge in [0.2, 0.25) is 0 Å². The topological polar surface area (TPSA) is 12.0 Å². The number of thiophene rings is 1. The molecule has 1 aromatic carbocycles. The molecule has 1 aromatic heterocycles. The minimum absolute atomic E-state index is 0.678. The Kier molecular flexibility index (Phi) is 5.15. The summed E-state index contributed by atoms with van der Waals surface area (Å²) in [6.07, 6.45) is 5.06. The number of hydrogen-bond donors (Lipinski definition) is 1. The van der Waals surface area contributed by atoms with Gasteiger partial charge in [0.1, 0.15) is 0 Å². The van der Waals surface area contributed by atoms with E-state index in [-0.39, 0.29) is 0 Å². The van der Waals surface area contributed by atoms with Crippen molar-refractivity contribution in [3.05, 3.63) is 56.2 Å². The van der Waals surface area contributed by atoms with E-state index in [0.717, 1.165) is 12.6 Å². The summed E-state index contributed by atoms with van der Waals surface area (Å²) in [6.45, 7) is 3.36. The Balaban J connectivity index is 1.67. The normalized spacial score (nSPS) is 16.1. The molecule has 0 amide bonds. The first-order chi connectivity index (χ1) is 10.2. The molecule has 0 bridgehead atoms. The molecule has 3 rings (SSSR count). The monoisotopic (exact) mass is 363 g/mol. The van der Waals surface area contributed by atoms with Crippen LogP contribution in [0.25, 0.3) is 0 Å². The van der Waals surface area contributed by atoms with E-state index < -0.39 is 0 Å². The van der Waals surface area contributed by atoms with Crippen LogP contribution in [0.1, 0.15) is 28.8 Å². The molecule has 1 saturated carbocycles. The van der Waals surface area contributed by atoms with Crippen LogP contribution in [0.4, 0.5) is 0 Å². The zero-order valence-corrected chi connectivity index (χ0v) is 14.8. The highest BCUT2D eigenvalue weighted by Gasteiger charge is 2.22. The molecule has 1 heterocycles. The third kappa shape index (κ3) is 4.67. The van der Waals surface area contributed by atoms with E-state index in [9.17, 15) is 0 Å². The van der Waals surface area contributed by atoms with Crippen LogP contribution in [0.2, 0.25) is 0 Å². The summed E-state index contributed by atoms with van der Waals surface area (Å²) in [5.41, 5.74) is 2.91. The van der Waals surface area contributed by atoms with E-state index in [1.807, 2.05) is 11.3 Å². The van der Waals surface area contributed by atoms with Gasteiger partial charge in [-0.3, -0.25) is 0 Å². The maximum Gasteiger partial charge on any atom is 0.0701 e. The van der Waals surface area contributed by atoms with Crippen LogP contribution >= 0.6 is 27.3 Å². The SMILES string of the molecule is Cc1ccccc1CC(CNC1CC1)Cc1ccc(Br)s1. The lowest BCUT2D eigenvalue weighted by atomic mass is 9.93. The number of hydrogen-bond acceptors (Lipinski definition) is 2. The quantitative estimate of drug-likeness (QED) is 0.731. The van der Waals surface area contributed by atoms with Gasteiger partial charge in [-0.1, -0.05) is 24.3 Å². The zero-order valence-electron chi connectivity index (χ0n) is 12.4. The van der Waals surface area contributed by atoms with Crippen molar-refractivity contribution >= 4 is 27.3 Å². The first kappa shape index (κ1) is 15.3. The highest BCUT2D eigenvalue weighted by molar-refractivity contribution is 9.11. The molecule has 0 radical (unpaired) electrons. The molecule has 112 valence electrons. The van der Waals surface area contributed by atoms with Crippen molar-refractivity contribution in [2.45, 2.75) is 38.6 Å². The van der Waals surface area contributed by atoms with Crippen molar-refractivity contribution < 1.29 is 0 Å². The molecule has 1 atom stereocenters. The van der Waals surface area contributed by atoms with E-state index in [2.05, 4.69) is 64.6 Å². The van der Waals surface area contributed by atoms with Gasteiger partial charge in [0.05, 0.1) is 3.79 Å². The molecule has 1 aliphatic carbocycles. The molecule has 21 heavy (non-hydrogen) atoms. The summed E-state index contributed by atoms with van der Waals surface area (Å²) in [5.74, 6) is 0.678. The largest absolute Gasteiger partial charge is 0.314 e. The maximum atomic E-state index is 3.72. The summed E-state index contributed by atoms with van der Waals surface area (Å²) < 4.78 is 1.24. The molecule has 1 N–H and O–H groups in total. The number of nitrogens with one attached hydrogen (secondary N) is 1. The molecule has 1 unspecified atom stereocenters. The van der Waals surface area contributed by atoms with Gasteiger partial charge >= 0.3 is 0 Å². The molecule has 2 aromatic rings. The predicted octanol–water partition coefficient (Wildman–Crippen LogP) is 4.97. The van der Waals surface area contributed by atoms with Gasteiger partial charge in [0, 0.05) is 10.9 Å². The second-order valence-electron chi connectivity index (χ2n) is 6.09. The molecule has 0 aliphatic heterocycles. The number of benzene rings is 1. The van der Waals surface area contributed by atoms with Crippen molar-refractivity contribution in [3.63, 3.8) is 0 Å². The Morgan fingerprint density at radius 1 is 1.19 bits per heavy atom. The average Bonchev–Trinajstić information content (AvgIpc) is 3.21. The van der Waals surface area contributed by atoms with Crippen LogP contribution in [0, 0.1) is 12.8 Å². The molecule has 1 nitrogen and oxygen atoms in total. The van der Waals surface area contributed by atoms with E-state index in [0.29, 0.717) is 5.92 Å². The lowest BCUT2D eigenvalue weighted by Gasteiger charge is -2.18. The van der Waals surface area contributed by atoms with E-state index in [4.69, 9.17) is 0 Å². The van der Waals surface area contributed by atoms with Crippen molar-refractivity contribution in [3.8, 4) is 0 Å². The van der Waals surface area contributed by atoms with Gasteiger partial charge in [-0.25, -0.2) is 0 Å². The summed E-state index contributed by atoms with van der Waals surface area (Å²) in [7, 11) is 0. The lowest BCUT2D eigenvalue weighted by Crippen LogP contribution is -2.27. The molecule has 1 aliphatic rings. The van der Waals surface area contributed by atoms with E-state index in [1.54, 1.807) is 0 Å². The van der Waals surface area contributed by atoms with Crippen molar-refractivity contribution in [2.24, 2.45) is 5.92 Å². The van der Waals surface area contributed by atoms with Gasteiger partial charge in [-0.05, 0) is 84.3 Å². The second kappa shape index (κ2) is 7.08. The first-order valence-electron chi connectivity index (χ1n) is 7.73. The molecule has 1 fully saturated rings. The number of halogens is 1. The fourth-order valence-corrected chi connectivity index (χ4v) is 4.33. The van der Waals surface area contributed by atoms with Gasteiger partial charge < -0.3 is 5.32 Å². The minimum atomic E-state index is 0.678. The Morgan fingerprint density at radius 2 is 2.00 bits per heavy atom. The Labute approximate surface area is 139 Å². The minimum Gasteiger partial charge on any atom is -0.314 e. The Hall–Kier alpha value is -0.640. The first-order valence-corrected chi connectivity index (χ1v) is 9.34. The summed E-state index contributed by atoms with van der Waals surface area (Å²) >= 11 is 5.45. The van der Waals surface area contributed by atoms with Crippen LogP contribution in [0.3, 0.4) is 0 Å². The molecular formula is C18H22BrNS. The van der Waals surface area contributed by atoms with Gasteiger partial charge in [0.15, 0.2) is 0 Å². The van der Waals surface area contributed by atoms with Gasteiger partial charge in [0.25, 0.3) is 0 Å². The Bertz CT molecular complexity index is 588. The lowest BCUT2D eigenvalue weighted by molar-refractivity contribution is 0.471. The van der Waals surface area contributed by atoms with Crippen LogP contribution in [-0.2, 0) is 12.8 Å². The summed E-state index contributed by atoms with van der Waals surface area (Å²) in [6, 6.07) is 14.0. The van der Waals surface area contributed by atoms with Crippen molar-refractivity contribution in [2.75, 3.05) is 6.54 Å². The second-order valence-corrected chi connectivity index (χ2v) is 8.64. The highest BCUT2D eigenvalue weighted by atomic mass is 79.9. The van der Waals surface area contributed by atoms with Crippen LogP contribution in [-0.4, -0.2) is 12.6 Å².